The first-order valence-electron chi connectivity index (χ1n) is 8.94. The van der Waals surface area contributed by atoms with Crippen LogP contribution in [0.15, 0.2) is 52.9 Å². The second-order valence-corrected chi connectivity index (χ2v) is 8.03. The zero-order chi connectivity index (χ0) is 21.3. The smallest absolute Gasteiger partial charge is 0.316 e. The summed E-state index contributed by atoms with van der Waals surface area (Å²) in [5.74, 6) is -0.550. The molecule has 3 aromatic rings. The first-order chi connectivity index (χ1) is 14.5. The summed E-state index contributed by atoms with van der Waals surface area (Å²) in [6, 6.07) is 12.7. The van der Waals surface area contributed by atoms with Crippen LogP contribution in [0.4, 0.5) is 9.52 Å². The largest absolute Gasteiger partial charge is 0.488 e. The van der Waals surface area contributed by atoms with E-state index < -0.39 is 5.91 Å². The number of carbonyl (C=O) groups is 2. The summed E-state index contributed by atoms with van der Waals surface area (Å²) in [6.07, 6.45) is 0. The van der Waals surface area contributed by atoms with E-state index in [1.54, 1.807) is 43.3 Å². The third kappa shape index (κ3) is 6.26. The molecule has 0 fully saturated rings. The van der Waals surface area contributed by atoms with Gasteiger partial charge in [0.05, 0.1) is 17.9 Å². The van der Waals surface area contributed by atoms with E-state index in [1.807, 2.05) is 0 Å². The second-order valence-electron chi connectivity index (χ2n) is 5.83. The van der Waals surface area contributed by atoms with E-state index >= 15 is 0 Å². The molecule has 1 heterocycles. The van der Waals surface area contributed by atoms with Gasteiger partial charge < -0.3 is 9.47 Å². The highest BCUT2D eigenvalue weighted by Gasteiger charge is 2.16. The number of thioether (sulfide) groups is 1. The van der Waals surface area contributed by atoms with Crippen molar-refractivity contribution in [3.63, 3.8) is 0 Å². The Balaban J connectivity index is 1.60. The minimum absolute atomic E-state index is 0.122. The molecule has 1 N–H and O–H groups in total. The molecule has 0 aliphatic heterocycles. The SMILES string of the molecule is CCOC(=O)CSc1nnc(NC(=O)c2ccccc2OCc2ccc(F)cc2)s1. The standard InChI is InChI=1S/C20H18FN3O4S2/c1-2-27-17(25)12-29-20-24-23-19(30-20)22-18(26)15-5-3-4-6-16(15)28-11-13-7-9-14(21)10-8-13/h3-10H,2,11-12H2,1H3,(H,22,23,26). The van der Waals surface area contributed by atoms with E-state index in [9.17, 15) is 14.0 Å². The van der Waals surface area contributed by atoms with E-state index in [-0.39, 0.29) is 24.1 Å². The molecular formula is C20H18FN3O4S2. The Labute approximate surface area is 180 Å². The fourth-order valence-corrected chi connectivity index (χ4v) is 3.87. The number of halogens is 1. The van der Waals surface area contributed by atoms with Crippen LogP contribution in [0, 0.1) is 5.82 Å². The zero-order valence-corrected chi connectivity index (χ0v) is 17.6. The van der Waals surface area contributed by atoms with E-state index in [4.69, 9.17) is 9.47 Å². The quantitative estimate of drug-likeness (QED) is 0.299. The maximum absolute atomic E-state index is 13.0. The highest BCUT2D eigenvalue weighted by Crippen LogP contribution is 2.27. The monoisotopic (exact) mass is 447 g/mol. The lowest BCUT2D eigenvalue weighted by atomic mass is 10.2. The third-order valence-electron chi connectivity index (χ3n) is 3.69. The van der Waals surface area contributed by atoms with Crippen LogP contribution in [0.1, 0.15) is 22.8 Å². The number of nitrogens with one attached hydrogen (secondary N) is 1. The summed E-state index contributed by atoms with van der Waals surface area (Å²) in [5.41, 5.74) is 1.11. The summed E-state index contributed by atoms with van der Waals surface area (Å²) in [7, 11) is 0. The lowest BCUT2D eigenvalue weighted by Crippen LogP contribution is -2.13. The van der Waals surface area contributed by atoms with Crippen molar-refractivity contribution >= 4 is 40.1 Å². The molecule has 0 saturated carbocycles. The molecule has 2 aromatic carbocycles. The van der Waals surface area contributed by atoms with Gasteiger partial charge in [0.1, 0.15) is 18.2 Å². The summed E-state index contributed by atoms with van der Waals surface area (Å²) in [6.45, 7) is 2.25. The highest BCUT2D eigenvalue weighted by molar-refractivity contribution is 8.01. The van der Waals surface area contributed by atoms with Gasteiger partial charge in [0.25, 0.3) is 5.91 Å². The Hall–Kier alpha value is -2.98. The number of rotatable bonds is 9. The van der Waals surface area contributed by atoms with Crippen molar-refractivity contribution in [3.8, 4) is 5.75 Å². The number of ether oxygens (including phenoxy) is 2. The Bertz CT molecular complexity index is 1010. The van der Waals surface area contributed by atoms with Gasteiger partial charge in [-0.2, -0.15) is 0 Å². The summed E-state index contributed by atoms with van der Waals surface area (Å²) < 4.78 is 24.2. The predicted octanol–water partition coefficient (Wildman–Crippen LogP) is 4.16. The molecule has 0 spiro atoms. The number of amides is 1. The molecule has 0 aliphatic carbocycles. The van der Waals surface area contributed by atoms with Gasteiger partial charge in [0.2, 0.25) is 5.13 Å². The average molecular weight is 448 g/mol. The number of benzene rings is 2. The van der Waals surface area contributed by atoms with Gasteiger partial charge in [-0.25, -0.2) is 4.39 Å². The molecular weight excluding hydrogens is 429 g/mol. The number of nitrogens with zero attached hydrogens (tertiary/aromatic N) is 2. The first kappa shape index (κ1) is 21.7. The normalized spacial score (nSPS) is 10.5. The second kappa shape index (κ2) is 10.7. The molecule has 0 bridgehead atoms. The van der Waals surface area contributed by atoms with Crippen molar-refractivity contribution in [1.29, 1.82) is 0 Å². The van der Waals surface area contributed by atoms with Crippen LogP contribution in [-0.2, 0) is 16.1 Å². The topological polar surface area (TPSA) is 90.4 Å². The van der Waals surface area contributed by atoms with Crippen LogP contribution in [0.25, 0.3) is 0 Å². The third-order valence-corrected chi connectivity index (χ3v) is 5.63. The van der Waals surface area contributed by atoms with Gasteiger partial charge in [-0.3, -0.25) is 14.9 Å². The van der Waals surface area contributed by atoms with Crippen LogP contribution in [0.2, 0.25) is 0 Å². The number of para-hydroxylation sites is 1. The number of hydrogen-bond acceptors (Lipinski definition) is 8. The van der Waals surface area contributed by atoms with Crippen molar-refractivity contribution < 1.29 is 23.5 Å². The Morgan fingerprint density at radius 2 is 1.90 bits per heavy atom. The summed E-state index contributed by atoms with van der Waals surface area (Å²) in [5, 5.41) is 10.9. The van der Waals surface area contributed by atoms with Crippen LogP contribution >= 0.6 is 23.1 Å². The summed E-state index contributed by atoms with van der Waals surface area (Å²) in [4.78, 5) is 24.1. The number of anilines is 1. The molecule has 0 saturated heterocycles. The number of carbonyl (C=O) groups excluding carboxylic acids is 2. The zero-order valence-electron chi connectivity index (χ0n) is 16.0. The van der Waals surface area contributed by atoms with E-state index in [0.717, 1.165) is 16.9 Å². The molecule has 3 rings (SSSR count). The van der Waals surface area contributed by atoms with E-state index in [2.05, 4.69) is 15.5 Å². The van der Waals surface area contributed by atoms with Crippen LogP contribution < -0.4 is 10.1 Å². The lowest BCUT2D eigenvalue weighted by molar-refractivity contribution is -0.139. The van der Waals surface area contributed by atoms with Crippen LogP contribution in [-0.4, -0.2) is 34.4 Å². The van der Waals surface area contributed by atoms with Crippen molar-refractivity contribution in [2.24, 2.45) is 0 Å². The van der Waals surface area contributed by atoms with Crippen LogP contribution in [0.5, 0.6) is 5.75 Å². The molecule has 0 atom stereocenters. The van der Waals surface area contributed by atoms with E-state index in [0.29, 0.717) is 27.4 Å². The highest BCUT2D eigenvalue weighted by atomic mass is 32.2. The maximum atomic E-state index is 13.0. The molecule has 0 radical (unpaired) electrons. The first-order valence-corrected chi connectivity index (χ1v) is 10.7. The number of hydrogen-bond donors (Lipinski definition) is 1. The van der Waals surface area contributed by atoms with Gasteiger partial charge in [-0.05, 0) is 36.8 Å². The lowest BCUT2D eigenvalue weighted by Gasteiger charge is -2.11. The molecule has 0 aliphatic rings. The predicted molar refractivity (Wildman–Crippen MR) is 112 cm³/mol. The molecule has 1 aromatic heterocycles. The number of aromatic nitrogens is 2. The van der Waals surface area contributed by atoms with Crippen LogP contribution in [0.3, 0.4) is 0 Å². The van der Waals surface area contributed by atoms with Gasteiger partial charge in [-0.15, -0.1) is 10.2 Å². The van der Waals surface area contributed by atoms with Gasteiger partial charge in [0.15, 0.2) is 4.34 Å². The molecule has 30 heavy (non-hydrogen) atoms. The van der Waals surface area contributed by atoms with Crippen molar-refractivity contribution in [2.45, 2.75) is 17.9 Å². The molecule has 1 amide bonds. The van der Waals surface area contributed by atoms with Gasteiger partial charge >= 0.3 is 5.97 Å². The average Bonchev–Trinajstić information content (AvgIpc) is 3.19. The van der Waals surface area contributed by atoms with Crippen molar-refractivity contribution in [1.82, 2.24) is 10.2 Å². The molecule has 7 nitrogen and oxygen atoms in total. The van der Waals surface area contributed by atoms with Gasteiger partial charge in [-0.1, -0.05) is 47.4 Å². The Morgan fingerprint density at radius 1 is 1.13 bits per heavy atom. The fourth-order valence-electron chi connectivity index (χ4n) is 2.33. The molecule has 10 heteroatoms. The number of esters is 1. The summed E-state index contributed by atoms with van der Waals surface area (Å²) >= 11 is 2.35. The van der Waals surface area contributed by atoms with Crippen molar-refractivity contribution in [2.75, 3.05) is 17.7 Å². The van der Waals surface area contributed by atoms with Crippen molar-refractivity contribution in [3.05, 3.63) is 65.5 Å². The molecule has 156 valence electrons. The Kier molecular flexibility index (Phi) is 7.75. The fraction of sp³-hybridized carbons (Fsp3) is 0.200. The molecule has 0 unspecified atom stereocenters. The Morgan fingerprint density at radius 3 is 2.67 bits per heavy atom. The maximum Gasteiger partial charge on any atom is 0.316 e. The minimum atomic E-state index is -0.400. The van der Waals surface area contributed by atoms with E-state index in [1.165, 1.54) is 23.9 Å². The van der Waals surface area contributed by atoms with Gasteiger partial charge in [0, 0.05) is 0 Å². The minimum Gasteiger partial charge on any atom is -0.488 e.